The quantitative estimate of drug-likeness (QED) is 0.610. The molecule has 0 spiro atoms. The van der Waals surface area contributed by atoms with Crippen LogP contribution in [0.1, 0.15) is 19.8 Å². The molecule has 1 aliphatic rings. The molecule has 3 nitrogen and oxygen atoms in total. The lowest BCUT2D eigenvalue weighted by atomic mass is 10.2. The Bertz CT molecular complexity index is 108. The van der Waals surface area contributed by atoms with E-state index in [4.69, 9.17) is 10.5 Å². The topological polar surface area (TPSA) is 47.3 Å². The molecule has 0 saturated carbocycles. The van der Waals surface area contributed by atoms with Gasteiger partial charge in [0, 0.05) is 13.1 Å². The molecule has 2 atom stereocenters. The standard InChI is InChI=1S/C8H18N2O/c1-2-10-6-8-4-3-7(5-9)11-8/h7-8,10H,2-6,9H2,1H3. The van der Waals surface area contributed by atoms with E-state index in [2.05, 4.69) is 12.2 Å². The van der Waals surface area contributed by atoms with Crippen LogP contribution in [0, 0.1) is 0 Å². The highest BCUT2D eigenvalue weighted by Crippen LogP contribution is 2.17. The fourth-order valence-corrected chi connectivity index (χ4v) is 1.41. The molecule has 3 N–H and O–H groups in total. The Morgan fingerprint density at radius 1 is 1.45 bits per heavy atom. The molecule has 2 unspecified atom stereocenters. The van der Waals surface area contributed by atoms with Gasteiger partial charge in [-0.25, -0.2) is 0 Å². The fraction of sp³-hybridized carbons (Fsp3) is 1.00. The van der Waals surface area contributed by atoms with Crippen LogP contribution in [0.3, 0.4) is 0 Å². The summed E-state index contributed by atoms with van der Waals surface area (Å²) in [5, 5.41) is 3.27. The largest absolute Gasteiger partial charge is 0.372 e. The predicted molar refractivity (Wildman–Crippen MR) is 45.5 cm³/mol. The zero-order chi connectivity index (χ0) is 8.10. The van der Waals surface area contributed by atoms with Crippen molar-refractivity contribution in [1.29, 1.82) is 0 Å². The Balaban J connectivity index is 2.09. The van der Waals surface area contributed by atoms with Crippen LogP contribution < -0.4 is 11.1 Å². The summed E-state index contributed by atoms with van der Waals surface area (Å²) in [6.45, 7) is 4.78. The summed E-state index contributed by atoms with van der Waals surface area (Å²) >= 11 is 0. The van der Waals surface area contributed by atoms with Crippen molar-refractivity contribution in [2.24, 2.45) is 5.73 Å². The minimum Gasteiger partial charge on any atom is -0.372 e. The number of nitrogens with two attached hydrogens (primary N) is 1. The SMILES string of the molecule is CCNCC1CCC(CN)O1. The van der Waals surface area contributed by atoms with Crippen LogP contribution in [0.15, 0.2) is 0 Å². The third-order valence-electron chi connectivity index (χ3n) is 2.08. The van der Waals surface area contributed by atoms with Crippen LogP contribution in [0.4, 0.5) is 0 Å². The predicted octanol–water partition coefficient (Wildman–Crippen LogP) is 0.102. The molecule has 0 radical (unpaired) electrons. The molecule has 1 aliphatic heterocycles. The lowest BCUT2D eigenvalue weighted by Gasteiger charge is -2.11. The van der Waals surface area contributed by atoms with E-state index in [1.54, 1.807) is 0 Å². The Morgan fingerprint density at radius 3 is 2.73 bits per heavy atom. The minimum atomic E-state index is 0.318. The Labute approximate surface area is 68.3 Å². The van der Waals surface area contributed by atoms with Gasteiger partial charge in [0.1, 0.15) is 0 Å². The van der Waals surface area contributed by atoms with Crippen LogP contribution in [-0.4, -0.2) is 31.8 Å². The van der Waals surface area contributed by atoms with E-state index in [0.717, 1.165) is 25.9 Å². The number of hydrogen-bond acceptors (Lipinski definition) is 3. The van der Waals surface area contributed by atoms with Gasteiger partial charge in [0.25, 0.3) is 0 Å². The lowest BCUT2D eigenvalue weighted by Crippen LogP contribution is -2.28. The van der Waals surface area contributed by atoms with Gasteiger partial charge in [0.05, 0.1) is 12.2 Å². The summed E-state index contributed by atoms with van der Waals surface area (Å²) in [6, 6.07) is 0. The van der Waals surface area contributed by atoms with E-state index in [0.29, 0.717) is 18.8 Å². The molecule has 1 fully saturated rings. The number of likely N-dealkylation sites (N-methyl/N-ethyl adjacent to an activating group) is 1. The second-order valence-corrected chi connectivity index (χ2v) is 3.00. The summed E-state index contributed by atoms with van der Waals surface area (Å²) in [4.78, 5) is 0. The van der Waals surface area contributed by atoms with Gasteiger partial charge < -0.3 is 15.8 Å². The Morgan fingerprint density at radius 2 is 2.18 bits per heavy atom. The molecule has 0 bridgehead atoms. The van der Waals surface area contributed by atoms with Crippen molar-refractivity contribution in [1.82, 2.24) is 5.32 Å². The van der Waals surface area contributed by atoms with E-state index in [1.165, 1.54) is 0 Å². The minimum absolute atomic E-state index is 0.318. The molecular formula is C8H18N2O. The van der Waals surface area contributed by atoms with Crippen molar-refractivity contribution in [3.63, 3.8) is 0 Å². The summed E-state index contributed by atoms with van der Waals surface area (Å²) in [6.07, 6.45) is 3.02. The zero-order valence-electron chi connectivity index (χ0n) is 7.18. The van der Waals surface area contributed by atoms with Gasteiger partial charge in [-0.05, 0) is 19.4 Å². The molecule has 1 saturated heterocycles. The molecule has 1 heterocycles. The van der Waals surface area contributed by atoms with Gasteiger partial charge in [-0.15, -0.1) is 0 Å². The van der Waals surface area contributed by atoms with E-state index in [9.17, 15) is 0 Å². The number of hydrogen-bond donors (Lipinski definition) is 2. The smallest absolute Gasteiger partial charge is 0.0704 e. The van der Waals surface area contributed by atoms with Crippen LogP contribution in [-0.2, 0) is 4.74 Å². The van der Waals surface area contributed by atoms with Crippen molar-refractivity contribution in [2.75, 3.05) is 19.6 Å². The maximum absolute atomic E-state index is 5.63. The average Bonchev–Trinajstić information content (AvgIpc) is 2.48. The molecule has 66 valence electrons. The normalized spacial score (nSPS) is 31.1. The van der Waals surface area contributed by atoms with Gasteiger partial charge >= 0.3 is 0 Å². The average molecular weight is 158 g/mol. The Kier molecular flexibility index (Phi) is 3.83. The molecule has 11 heavy (non-hydrogen) atoms. The van der Waals surface area contributed by atoms with Crippen molar-refractivity contribution in [3.05, 3.63) is 0 Å². The zero-order valence-corrected chi connectivity index (χ0v) is 7.18. The lowest BCUT2D eigenvalue weighted by molar-refractivity contribution is 0.0508. The summed E-state index contributed by atoms with van der Waals surface area (Å²) in [5.74, 6) is 0. The number of ether oxygens (including phenoxy) is 1. The first-order valence-corrected chi connectivity index (χ1v) is 4.43. The third-order valence-corrected chi connectivity index (χ3v) is 2.08. The maximum Gasteiger partial charge on any atom is 0.0704 e. The summed E-state index contributed by atoms with van der Waals surface area (Å²) < 4.78 is 5.63. The molecule has 1 rings (SSSR count). The summed E-state index contributed by atoms with van der Waals surface area (Å²) in [5.41, 5.74) is 5.48. The highest BCUT2D eigenvalue weighted by atomic mass is 16.5. The second kappa shape index (κ2) is 4.70. The van der Waals surface area contributed by atoms with E-state index in [-0.39, 0.29) is 0 Å². The molecule has 0 amide bonds. The summed E-state index contributed by atoms with van der Waals surface area (Å²) in [7, 11) is 0. The van der Waals surface area contributed by atoms with Gasteiger partial charge in [-0.1, -0.05) is 6.92 Å². The molecule has 0 aliphatic carbocycles. The Hall–Kier alpha value is -0.120. The van der Waals surface area contributed by atoms with Crippen LogP contribution in [0.25, 0.3) is 0 Å². The van der Waals surface area contributed by atoms with Gasteiger partial charge in [-0.3, -0.25) is 0 Å². The molecule has 0 aromatic carbocycles. The van der Waals surface area contributed by atoms with E-state index >= 15 is 0 Å². The van der Waals surface area contributed by atoms with Gasteiger partial charge in [0.15, 0.2) is 0 Å². The second-order valence-electron chi connectivity index (χ2n) is 3.00. The molecule has 0 aromatic heterocycles. The first-order valence-electron chi connectivity index (χ1n) is 4.43. The monoisotopic (exact) mass is 158 g/mol. The van der Waals surface area contributed by atoms with Gasteiger partial charge in [-0.2, -0.15) is 0 Å². The third kappa shape index (κ3) is 2.77. The van der Waals surface area contributed by atoms with Crippen molar-refractivity contribution in [2.45, 2.75) is 32.0 Å². The molecule has 3 heteroatoms. The molecule has 0 aromatic rings. The van der Waals surface area contributed by atoms with Crippen LogP contribution in [0.2, 0.25) is 0 Å². The highest BCUT2D eigenvalue weighted by molar-refractivity contribution is 4.75. The fourth-order valence-electron chi connectivity index (χ4n) is 1.41. The van der Waals surface area contributed by atoms with E-state index in [1.807, 2.05) is 0 Å². The first kappa shape index (κ1) is 8.97. The van der Waals surface area contributed by atoms with Crippen molar-refractivity contribution < 1.29 is 4.74 Å². The first-order chi connectivity index (χ1) is 5.36. The van der Waals surface area contributed by atoms with Crippen molar-refractivity contribution in [3.8, 4) is 0 Å². The van der Waals surface area contributed by atoms with Gasteiger partial charge in [0.2, 0.25) is 0 Å². The van der Waals surface area contributed by atoms with Crippen molar-refractivity contribution >= 4 is 0 Å². The number of rotatable bonds is 4. The maximum atomic E-state index is 5.63. The molecular weight excluding hydrogens is 140 g/mol. The number of nitrogens with one attached hydrogen (secondary N) is 1. The highest BCUT2D eigenvalue weighted by Gasteiger charge is 2.22. The van der Waals surface area contributed by atoms with Crippen LogP contribution >= 0.6 is 0 Å². The van der Waals surface area contributed by atoms with E-state index < -0.39 is 0 Å². The van der Waals surface area contributed by atoms with Crippen LogP contribution in [0.5, 0.6) is 0 Å².